The van der Waals surface area contributed by atoms with Gasteiger partial charge in [0, 0.05) is 11.3 Å². The zero-order chi connectivity index (χ0) is 14.4. The lowest BCUT2D eigenvalue weighted by Gasteiger charge is -2.09. The fourth-order valence-electron chi connectivity index (χ4n) is 1.59. The highest BCUT2D eigenvalue weighted by Gasteiger charge is 2.11. The third-order valence-electron chi connectivity index (χ3n) is 2.41. The molecule has 106 valence electrons. The second-order valence-corrected chi connectivity index (χ2v) is 4.78. The number of aromatic nitrogens is 4. The quantitative estimate of drug-likeness (QED) is 0.773. The Morgan fingerprint density at radius 2 is 2.25 bits per heavy atom. The summed E-state index contributed by atoms with van der Waals surface area (Å²) in [6.45, 7) is 2.28. The van der Waals surface area contributed by atoms with Crippen molar-refractivity contribution in [2.75, 3.05) is 6.61 Å². The number of thioether (sulfide) groups is 1. The fraction of sp³-hybridized carbons (Fsp3) is 0.333. The van der Waals surface area contributed by atoms with Gasteiger partial charge in [0.1, 0.15) is 12.3 Å². The van der Waals surface area contributed by atoms with Crippen molar-refractivity contribution in [3.05, 3.63) is 29.8 Å². The van der Waals surface area contributed by atoms with Crippen molar-refractivity contribution in [2.24, 2.45) is 0 Å². The fourth-order valence-corrected chi connectivity index (χ4v) is 2.46. The summed E-state index contributed by atoms with van der Waals surface area (Å²) >= 11 is 1.37. The summed E-state index contributed by atoms with van der Waals surface area (Å²) in [6, 6.07) is 7.70. The first kappa shape index (κ1) is 14.3. The van der Waals surface area contributed by atoms with Gasteiger partial charge in [0.05, 0.1) is 6.61 Å². The summed E-state index contributed by atoms with van der Waals surface area (Å²) in [5, 5.41) is 20.2. The third kappa shape index (κ3) is 3.70. The lowest BCUT2D eigenvalue weighted by atomic mass is 10.2. The lowest BCUT2D eigenvalue weighted by Crippen LogP contribution is -2.11. The molecule has 2 aromatic rings. The Bertz CT molecular complexity index is 588. The lowest BCUT2D eigenvalue weighted by molar-refractivity contribution is -0.138. The van der Waals surface area contributed by atoms with E-state index >= 15 is 0 Å². The van der Waals surface area contributed by atoms with E-state index in [0.29, 0.717) is 17.5 Å². The number of hydrogen-bond donors (Lipinski definition) is 1. The van der Waals surface area contributed by atoms with Crippen LogP contribution in [0.3, 0.4) is 0 Å². The molecule has 0 aliphatic heterocycles. The predicted molar refractivity (Wildman–Crippen MR) is 72.6 cm³/mol. The van der Waals surface area contributed by atoms with E-state index in [-0.39, 0.29) is 6.54 Å². The second kappa shape index (κ2) is 6.90. The highest BCUT2D eigenvalue weighted by atomic mass is 32.2. The zero-order valence-electron chi connectivity index (χ0n) is 10.9. The number of benzene rings is 1. The zero-order valence-corrected chi connectivity index (χ0v) is 11.7. The maximum absolute atomic E-state index is 10.7. The third-order valence-corrected chi connectivity index (χ3v) is 3.42. The van der Waals surface area contributed by atoms with Crippen LogP contribution in [-0.2, 0) is 17.1 Å². The first-order chi connectivity index (χ1) is 9.70. The van der Waals surface area contributed by atoms with Crippen molar-refractivity contribution < 1.29 is 14.6 Å². The van der Waals surface area contributed by atoms with E-state index in [1.165, 1.54) is 16.4 Å². The Morgan fingerprint density at radius 1 is 1.45 bits per heavy atom. The molecule has 8 heteroatoms. The minimum atomic E-state index is -0.978. The van der Waals surface area contributed by atoms with Gasteiger partial charge in [-0.1, -0.05) is 30.0 Å². The molecule has 1 aromatic carbocycles. The normalized spacial score (nSPS) is 10.4. The standard InChI is InChI=1S/C12H14N4O3S/c1-2-19-10-6-4-3-5-9(10)8-20-12-13-14-15-16(12)7-11(17)18/h3-6H,2,7-8H2,1H3,(H,17,18). The summed E-state index contributed by atoms with van der Waals surface area (Å²) in [7, 11) is 0. The Hall–Kier alpha value is -2.09. The van der Waals surface area contributed by atoms with Crippen molar-refractivity contribution in [2.45, 2.75) is 24.4 Å². The minimum Gasteiger partial charge on any atom is -0.494 e. The smallest absolute Gasteiger partial charge is 0.325 e. The Balaban J connectivity index is 2.05. The number of rotatable bonds is 7. The van der Waals surface area contributed by atoms with Crippen LogP contribution in [0.25, 0.3) is 0 Å². The molecule has 20 heavy (non-hydrogen) atoms. The van der Waals surface area contributed by atoms with E-state index in [1.807, 2.05) is 31.2 Å². The van der Waals surface area contributed by atoms with Crippen LogP contribution < -0.4 is 4.74 Å². The SMILES string of the molecule is CCOc1ccccc1CSc1nnnn1CC(=O)O. The molecule has 0 saturated carbocycles. The van der Waals surface area contributed by atoms with Gasteiger partial charge in [0.25, 0.3) is 0 Å². The Morgan fingerprint density at radius 3 is 3.00 bits per heavy atom. The maximum atomic E-state index is 10.7. The highest BCUT2D eigenvalue weighted by molar-refractivity contribution is 7.98. The number of nitrogens with zero attached hydrogens (tertiary/aromatic N) is 4. The van der Waals surface area contributed by atoms with E-state index in [4.69, 9.17) is 9.84 Å². The molecular formula is C12H14N4O3S. The van der Waals surface area contributed by atoms with Crippen LogP contribution in [0, 0.1) is 0 Å². The molecule has 0 saturated heterocycles. The highest BCUT2D eigenvalue weighted by Crippen LogP contribution is 2.26. The van der Waals surface area contributed by atoms with Gasteiger partial charge in [-0.3, -0.25) is 4.79 Å². The van der Waals surface area contributed by atoms with Gasteiger partial charge < -0.3 is 9.84 Å². The van der Waals surface area contributed by atoms with Crippen LogP contribution in [0.5, 0.6) is 5.75 Å². The molecule has 0 atom stereocenters. The van der Waals surface area contributed by atoms with E-state index < -0.39 is 5.97 Å². The van der Waals surface area contributed by atoms with Crippen LogP contribution in [-0.4, -0.2) is 37.9 Å². The Labute approximate surface area is 119 Å². The van der Waals surface area contributed by atoms with Crippen LogP contribution in [0.15, 0.2) is 29.4 Å². The number of carboxylic acid groups (broad SMARTS) is 1. The minimum absolute atomic E-state index is 0.248. The van der Waals surface area contributed by atoms with E-state index in [1.54, 1.807) is 0 Å². The molecule has 1 heterocycles. The van der Waals surface area contributed by atoms with Crippen molar-refractivity contribution in [3.63, 3.8) is 0 Å². The molecule has 7 nitrogen and oxygen atoms in total. The number of tetrazole rings is 1. The number of carboxylic acids is 1. The van der Waals surface area contributed by atoms with Crippen molar-refractivity contribution in [1.82, 2.24) is 20.2 Å². The molecule has 2 rings (SSSR count). The van der Waals surface area contributed by atoms with E-state index in [0.717, 1.165) is 11.3 Å². The van der Waals surface area contributed by atoms with Crippen LogP contribution in [0.4, 0.5) is 0 Å². The van der Waals surface area contributed by atoms with Gasteiger partial charge in [-0.25, -0.2) is 4.68 Å². The number of aliphatic carboxylic acids is 1. The van der Waals surface area contributed by atoms with Gasteiger partial charge >= 0.3 is 5.97 Å². The number of ether oxygens (including phenoxy) is 1. The molecule has 0 aliphatic carbocycles. The summed E-state index contributed by atoms with van der Waals surface area (Å²) in [4.78, 5) is 10.7. The van der Waals surface area contributed by atoms with Crippen LogP contribution >= 0.6 is 11.8 Å². The molecule has 0 radical (unpaired) electrons. The van der Waals surface area contributed by atoms with Gasteiger partial charge in [0.15, 0.2) is 0 Å². The average Bonchev–Trinajstić information content (AvgIpc) is 2.84. The van der Waals surface area contributed by atoms with Gasteiger partial charge in [-0.2, -0.15) is 0 Å². The molecule has 0 aliphatic rings. The van der Waals surface area contributed by atoms with Crippen LogP contribution in [0.2, 0.25) is 0 Å². The van der Waals surface area contributed by atoms with E-state index in [9.17, 15) is 4.79 Å². The molecule has 1 N–H and O–H groups in total. The average molecular weight is 294 g/mol. The first-order valence-electron chi connectivity index (χ1n) is 6.02. The van der Waals surface area contributed by atoms with Gasteiger partial charge in [-0.15, -0.1) is 5.10 Å². The molecule has 1 aromatic heterocycles. The number of para-hydroxylation sites is 1. The first-order valence-corrected chi connectivity index (χ1v) is 7.00. The largest absolute Gasteiger partial charge is 0.494 e. The number of carbonyl (C=O) groups is 1. The van der Waals surface area contributed by atoms with Crippen molar-refractivity contribution >= 4 is 17.7 Å². The van der Waals surface area contributed by atoms with E-state index in [2.05, 4.69) is 15.5 Å². The topological polar surface area (TPSA) is 90.1 Å². The van der Waals surface area contributed by atoms with Crippen LogP contribution in [0.1, 0.15) is 12.5 Å². The predicted octanol–water partition coefficient (Wildman–Crippen LogP) is 1.45. The summed E-state index contributed by atoms with van der Waals surface area (Å²) in [5.74, 6) is 0.449. The monoisotopic (exact) mass is 294 g/mol. The number of hydrogen-bond acceptors (Lipinski definition) is 6. The van der Waals surface area contributed by atoms with Crippen molar-refractivity contribution in [1.29, 1.82) is 0 Å². The summed E-state index contributed by atoms with van der Waals surface area (Å²) in [6.07, 6.45) is 0. The van der Waals surface area contributed by atoms with Gasteiger partial charge in [0.2, 0.25) is 5.16 Å². The summed E-state index contributed by atoms with van der Waals surface area (Å²) in [5.41, 5.74) is 1.02. The van der Waals surface area contributed by atoms with Gasteiger partial charge in [-0.05, 0) is 23.4 Å². The summed E-state index contributed by atoms with van der Waals surface area (Å²) < 4.78 is 6.80. The molecule has 0 spiro atoms. The second-order valence-electron chi connectivity index (χ2n) is 3.84. The Kier molecular flexibility index (Phi) is 4.94. The molecular weight excluding hydrogens is 280 g/mol. The molecule has 0 amide bonds. The molecule has 0 fully saturated rings. The van der Waals surface area contributed by atoms with Crippen molar-refractivity contribution in [3.8, 4) is 5.75 Å². The molecule has 0 bridgehead atoms. The maximum Gasteiger partial charge on any atom is 0.325 e. The molecule has 0 unspecified atom stereocenters.